The quantitative estimate of drug-likeness (QED) is 0.888. The van der Waals surface area contributed by atoms with Gasteiger partial charge in [0.25, 0.3) is 0 Å². The Bertz CT molecular complexity index is 471. The van der Waals surface area contributed by atoms with E-state index in [4.69, 9.17) is 10.7 Å². The van der Waals surface area contributed by atoms with Gasteiger partial charge in [-0.25, -0.2) is 9.97 Å². The standard InChI is InChI=1S/C15H24N4/c1-9-6-10(2)8-19(7-9)15-11(3)13(16)17-14(18-15)12-4-5-12/h9-10,12H,4-8H2,1-3H3,(H2,16,17,18). The normalized spacial score (nSPS) is 27.6. The first kappa shape index (κ1) is 12.7. The number of nitrogens with two attached hydrogens (primary N) is 1. The fraction of sp³-hybridized carbons (Fsp3) is 0.733. The Morgan fingerprint density at radius 2 is 1.74 bits per heavy atom. The summed E-state index contributed by atoms with van der Waals surface area (Å²) in [6.45, 7) is 8.87. The Morgan fingerprint density at radius 3 is 2.32 bits per heavy atom. The largest absolute Gasteiger partial charge is 0.383 e. The van der Waals surface area contributed by atoms with Gasteiger partial charge in [0.1, 0.15) is 17.5 Å². The SMILES string of the molecule is Cc1c(N)nc(C2CC2)nc1N1CC(C)CC(C)C1. The van der Waals surface area contributed by atoms with Crippen molar-refractivity contribution in [3.8, 4) is 0 Å². The van der Waals surface area contributed by atoms with Gasteiger partial charge in [0.05, 0.1) is 0 Å². The lowest BCUT2D eigenvalue weighted by molar-refractivity contribution is 0.355. The number of anilines is 2. The van der Waals surface area contributed by atoms with E-state index in [-0.39, 0.29) is 0 Å². The molecule has 19 heavy (non-hydrogen) atoms. The molecule has 0 radical (unpaired) electrons. The molecule has 4 nitrogen and oxygen atoms in total. The maximum absolute atomic E-state index is 6.09. The smallest absolute Gasteiger partial charge is 0.137 e. The van der Waals surface area contributed by atoms with Crippen molar-refractivity contribution < 1.29 is 0 Å². The second-order valence-electron chi connectivity index (χ2n) is 6.54. The molecule has 104 valence electrons. The van der Waals surface area contributed by atoms with Crippen molar-refractivity contribution in [3.63, 3.8) is 0 Å². The summed E-state index contributed by atoms with van der Waals surface area (Å²) in [6.07, 6.45) is 3.75. The van der Waals surface area contributed by atoms with E-state index in [2.05, 4.69) is 23.7 Å². The predicted octanol–water partition coefficient (Wildman–Crippen LogP) is 2.73. The molecule has 1 aromatic rings. The predicted molar refractivity (Wildman–Crippen MR) is 78.3 cm³/mol. The van der Waals surface area contributed by atoms with Crippen LogP contribution in [0.15, 0.2) is 0 Å². The average Bonchev–Trinajstić information content (AvgIpc) is 3.15. The fourth-order valence-electron chi connectivity index (χ4n) is 3.21. The molecule has 1 aliphatic carbocycles. The molecule has 4 heteroatoms. The van der Waals surface area contributed by atoms with Crippen LogP contribution in [0.3, 0.4) is 0 Å². The molecule has 2 unspecified atom stereocenters. The van der Waals surface area contributed by atoms with E-state index in [1.807, 2.05) is 6.92 Å². The Morgan fingerprint density at radius 1 is 1.11 bits per heavy atom. The number of piperidine rings is 1. The molecule has 0 spiro atoms. The molecule has 1 saturated carbocycles. The second-order valence-corrected chi connectivity index (χ2v) is 6.54. The van der Waals surface area contributed by atoms with E-state index < -0.39 is 0 Å². The molecular weight excluding hydrogens is 236 g/mol. The van der Waals surface area contributed by atoms with Gasteiger partial charge >= 0.3 is 0 Å². The molecule has 1 aromatic heterocycles. The second kappa shape index (κ2) is 4.66. The lowest BCUT2D eigenvalue weighted by Crippen LogP contribution is -2.39. The van der Waals surface area contributed by atoms with Gasteiger partial charge < -0.3 is 10.6 Å². The highest BCUT2D eigenvalue weighted by Crippen LogP contribution is 2.40. The Hall–Kier alpha value is -1.32. The maximum atomic E-state index is 6.09. The molecule has 1 aliphatic heterocycles. The molecule has 2 heterocycles. The van der Waals surface area contributed by atoms with Crippen LogP contribution < -0.4 is 10.6 Å². The van der Waals surface area contributed by atoms with Crippen molar-refractivity contribution in [2.24, 2.45) is 11.8 Å². The highest BCUT2D eigenvalue weighted by atomic mass is 15.2. The third kappa shape index (κ3) is 2.53. The molecule has 3 rings (SSSR count). The van der Waals surface area contributed by atoms with Crippen molar-refractivity contribution in [1.82, 2.24) is 9.97 Å². The molecule has 0 aromatic carbocycles. The van der Waals surface area contributed by atoms with Gasteiger partial charge in [-0.3, -0.25) is 0 Å². The molecule has 2 N–H and O–H groups in total. The minimum atomic E-state index is 0.557. The van der Waals surface area contributed by atoms with Crippen LogP contribution >= 0.6 is 0 Å². The van der Waals surface area contributed by atoms with Crippen molar-refractivity contribution in [1.29, 1.82) is 0 Å². The van der Waals surface area contributed by atoms with E-state index in [0.29, 0.717) is 11.7 Å². The third-order valence-corrected chi connectivity index (χ3v) is 4.29. The van der Waals surface area contributed by atoms with Crippen LogP contribution in [0.4, 0.5) is 11.6 Å². The zero-order chi connectivity index (χ0) is 13.6. The van der Waals surface area contributed by atoms with E-state index in [0.717, 1.165) is 42.1 Å². The first-order valence-electron chi connectivity index (χ1n) is 7.43. The molecular formula is C15H24N4. The van der Waals surface area contributed by atoms with Crippen LogP contribution in [0.2, 0.25) is 0 Å². The first-order valence-corrected chi connectivity index (χ1v) is 7.43. The summed E-state index contributed by atoms with van der Waals surface area (Å²) < 4.78 is 0. The van der Waals surface area contributed by atoms with Crippen LogP contribution in [0.25, 0.3) is 0 Å². The Kier molecular flexibility index (Phi) is 3.11. The van der Waals surface area contributed by atoms with Gasteiger partial charge in [-0.15, -0.1) is 0 Å². The Balaban J connectivity index is 1.94. The number of hydrogen-bond donors (Lipinski definition) is 1. The van der Waals surface area contributed by atoms with E-state index in [1.54, 1.807) is 0 Å². The van der Waals surface area contributed by atoms with Crippen LogP contribution in [-0.2, 0) is 0 Å². The zero-order valence-corrected chi connectivity index (χ0v) is 12.2. The van der Waals surface area contributed by atoms with E-state index >= 15 is 0 Å². The van der Waals surface area contributed by atoms with Crippen molar-refractivity contribution in [2.45, 2.75) is 46.0 Å². The molecule has 2 atom stereocenters. The average molecular weight is 260 g/mol. The monoisotopic (exact) mass is 260 g/mol. The Labute approximate surface area is 115 Å². The summed E-state index contributed by atoms with van der Waals surface area (Å²) in [7, 11) is 0. The summed E-state index contributed by atoms with van der Waals surface area (Å²) in [5, 5.41) is 0. The fourth-order valence-corrected chi connectivity index (χ4v) is 3.21. The highest BCUT2D eigenvalue weighted by molar-refractivity contribution is 5.57. The van der Waals surface area contributed by atoms with Crippen LogP contribution in [0.5, 0.6) is 0 Å². The van der Waals surface area contributed by atoms with Crippen molar-refractivity contribution in [3.05, 3.63) is 11.4 Å². The number of aromatic nitrogens is 2. The van der Waals surface area contributed by atoms with Crippen LogP contribution in [0.1, 0.15) is 50.4 Å². The zero-order valence-electron chi connectivity index (χ0n) is 12.2. The van der Waals surface area contributed by atoms with E-state index in [9.17, 15) is 0 Å². The van der Waals surface area contributed by atoms with Gasteiger partial charge in [-0.1, -0.05) is 13.8 Å². The number of nitrogen functional groups attached to an aromatic ring is 1. The highest BCUT2D eigenvalue weighted by Gasteiger charge is 2.30. The van der Waals surface area contributed by atoms with Gasteiger partial charge in [0, 0.05) is 24.6 Å². The molecule has 1 saturated heterocycles. The summed E-state index contributed by atoms with van der Waals surface area (Å²) in [5.41, 5.74) is 7.13. The van der Waals surface area contributed by atoms with Gasteiger partial charge in [0.2, 0.25) is 0 Å². The number of nitrogens with zero attached hydrogens (tertiary/aromatic N) is 3. The number of rotatable bonds is 2. The summed E-state index contributed by atoms with van der Waals surface area (Å²) in [4.78, 5) is 11.7. The minimum absolute atomic E-state index is 0.557. The molecule has 2 aliphatic rings. The van der Waals surface area contributed by atoms with Crippen LogP contribution in [0, 0.1) is 18.8 Å². The molecule has 0 bridgehead atoms. The summed E-state index contributed by atoms with van der Waals surface area (Å²) in [6, 6.07) is 0. The minimum Gasteiger partial charge on any atom is -0.383 e. The number of hydrogen-bond acceptors (Lipinski definition) is 4. The van der Waals surface area contributed by atoms with Gasteiger partial charge in [0.15, 0.2) is 0 Å². The van der Waals surface area contributed by atoms with Crippen LogP contribution in [-0.4, -0.2) is 23.1 Å². The lowest BCUT2D eigenvalue weighted by Gasteiger charge is -2.36. The van der Waals surface area contributed by atoms with Gasteiger partial charge in [-0.2, -0.15) is 0 Å². The molecule has 2 fully saturated rings. The summed E-state index contributed by atoms with van der Waals surface area (Å²) >= 11 is 0. The van der Waals surface area contributed by atoms with Gasteiger partial charge in [-0.05, 0) is 38.0 Å². The van der Waals surface area contributed by atoms with E-state index in [1.165, 1.54) is 19.3 Å². The lowest BCUT2D eigenvalue weighted by atomic mass is 9.92. The third-order valence-electron chi connectivity index (χ3n) is 4.29. The molecule has 0 amide bonds. The van der Waals surface area contributed by atoms with Crippen molar-refractivity contribution >= 4 is 11.6 Å². The maximum Gasteiger partial charge on any atom is 0.137 e. The first-order chi connectivity index (χ1) is 9.04. The summed E-state index contributed by atoms with van der Waals surface area (Å²) in [5.74, 6) is 4.71. The van der Waals surface area contributed by atoms with Crippen molar-refractivity contribution in [2.75, 3.05) is 23.7 Å². The topological polar surface area (TPSA) is 55.0 Å².